The molecule has 0 spiro atoms. The van der Waals surface area contributed by atoms with E-state index in [4.69, 9.17) is 9.47 Å². The lowest BCUT2D eigenvalue weighted by Crippen LogP contribution is -2.42. The van der Waals surface area contributed by atoms with E-state index in [9.17, 15) is 9.59 Å². The first kappa shape index (κ1) is 14.1. The van der Waals surface area contributed by atoms with Crippen molar-refractivity contribution in [2.24, 2.45) is 5.92 Å². The zero-order chi connectivity index (χ0) is 14.8. The minimum Gasteiger partial charge on any atom is -0.468 e. The van der Waals surface area contributed by atoms with Gasteiger partial charge in [-0.25, -0.2) is 4.79 Å². The van der Waals surface area contributed by atoms with E-state index < -0.39 is 5.92 Å². The van der Waals surface area contributed by atoms with Gasteiger partial charge in [0, 0.05) is 0 Å². The van der Waals surface area contributed by atoms with Crippen LogP contribution in [0.25, 0.3) is 0 Å². The van der Waals surface area contributed by atoms with Crippen LogP contribution in [-0.4, -0.2) is 25.2 Å². The van der Waals surface area contributed by atoms with Crippen molar-refractivity contribution in [1.82, 2.24) is 0 Å². The summed E-state index contributed by atoms with van der Waals surface area (Å²) in [6, 6.07) is 7.19. The SMILES string of the molecule is COC(=O)[C@@H]1c2ccccc2C(=O)O[C@H]1C1CCCCC1. The average Bonchev–Trinajstić information content (AvgIpc) is 2.55. The van der Waals surface area contributed by atoms with Gasteiger partial charge in [-0.2, -0.15) is 0 Å². The lowest BCUT2D eigenvalue weighted by Gasteiger charge is -2.37. The fourth-order valence-corrected chi connectivity index (χ4v) is 3.61. The molecule has 0 amide bonds. The van der Waals surface area contributed by atoms with Crippen molar-refractivity contribution in [2.45, 2.75) is 44.1 Å². The van der Waals surface area contributed by atoms with Gasteiger partial charge in [0.1, 0.15) is 12.0 Å². The second kappa shape index (κ2) is 5.88. The van der Waals surface area contributed by atoms with Crippen molar-refractivity contribution >= 4 is 11.9 Å². The van der Waals surface area contributed by atoms with Crippen LogP contribution >= 0.6 is 0 Å². The molecule has 1 aromatic carbocycles. The number of carbonyl (C=O) groups is 2. The van der Waals surface area contributed by atoms with Gasteiger partial charge >= 0.3 is 11.9 Å². The molecule has 0 unspecified atom stereocenters. The van der Waals surface area contributed by atoms with E-state index in [1.54, 1.807) is 12.1 Å². The molecule has 0 bridgehead atoms. The molecule has 4 heteroatoms. The zero-order valence-electron chi connectivity index (χ0n) is 12.2. The maximum atomic E-state index is 12.3. The highest BCUT2D eigenvalue weighted by molar-refractivity contribution is 5.96. The summed E-state index contributed by atoms with van der Waals surface area (Å²) < 4.78 is 10.6. The van der Waals surface area contributed by atoms with Crippen LogP contribution in [0.1, 0.15) is 53.9 Å². The average molecular weight is 288 g/mol. The van der Waals surface area contributed by atoms with E-state index in [1.165, 1.54) is 13.5 Å². The minimum absolute atomic E-state index is 0.250. The van der Waals surface area contributed by atoms with Gasteiger partial charge in [0.15, 0.2) is 0 Å². The van der Waals surface area contributed by atoms with Gasteiger partial charge in [-0.15, -0.1) is 0 Å². The van der Waals surface area contributed by atoms with Crippen LogP contribution in [0.3, 0.4) is 0 Å². The highest BCUT2D eigenvalue weighted by Gasteiger charge is 2.44. The van der Waals surface area contributed by atoms with Crippen LogP contribution in [0.15, 0.2) is 24.3 Å². The summed E-state index contributed by atoms with van der Waals surface area (Å²) in [7, 11) is 1.39. The quantitative estimate of drug-likeness (QED) is 0.785. The summed E-state index contributed by atoms with van der Waals surface area (Å²) >= 11 is 0. The number of hydrogen-bond donors (Lipinski definition) is 0. The van der Waals surface area contributed by atoms with Gasteiger partial charge in [0.2, 0.25) is 0 Å². The molecule has 4 nitrogen and oxygen atoms in total. The van der Waals surface area contributed by atoms with E-state index in [2.05, 4.69) is 0 Å². The molecule has 1 saturated carbocycles. The van der Waals surface area contributed by atoms with E-state index in [0.29, 0.717) is 5.56 Å². The Morgan fingerprint density at radius 1 is 1.19 bits per heavy atom. The van der Waals surface area contributed by atoms with Crippen LogP contribution in [0.5, 0.6) is 0 Å². The Bertz CT molecular complexity index is 545. The van der Waals surface area contributed by atoms with E-state index in [-0.39, 0.29) is 24.0 Å². The predicted molar refractivity (Wildman–Crippen MR) is 77.0 cm³/mol. The molecule has 2 aliphatic rings. The van der Waals surface area contributed by atoms with Gasteiger partial charge in [0.05, 0.1) is 12.7 Å². The maximum Gasteiger partial charge on any atom is 0.338 e. The molecular weight excluding hydrogens is 268 g/mol. The van der Waals surface area contributed by atoms with Crippen molar-refractivity contribution in [2.75, 3.05) is 7.11 Å². The molecule has 0 aromatic heterocycles. The fourth-order valence-electron chi connectivity index (χ4n) is 3.61. The van der Waals surface area contributed by atoms with Crippen LogP contribution in [-0.2, 0) is 14.3 Å². The highest BCUT2D eigenvalue weighted by atomic mass is 16.6. The number of methoxy groups -OCH3 is 1. The monoisotopic (exact) mass is 288 g/mol. The van der Waals surface area contributed by atoms with E-state index in [0.717, 1.165) is 31.2 Å². The van der Waals surface area contributed by atoms with Crippen LogP contribution in [0.2, 0.25) is 0 Å². The molecule has 21 heavy (non-hydrogen) atoms. The molecule has 1 aliphatic carbocycles. The first-order valence-corrected chi connectivity index (χ1v) is 7.60. The molecule has 2 atom stereocenters. The van der Waals surface area contributed by atoms with Crippen molar-refractivity contribution in [3.05, 3.63) is 35.4 Å². The number of esters is 2. The second-order valence-corrected chi connectivity index (χ2v) is 5.86. The van der Waals surface area contributed by atoms with Crippen molar-refractivity contribution in [3.63, 3.8) is 0 Å². The number of fused-ring (bicyclic) bond motifs is 1. The smallest absolute Gasteiger partial charge is 0.338 e. The van der Waals surface area contributed by atoms with Gasteiger partial charge < -0.3 is 9.47 Å². The minimum atomic E-state index is -0.494. The Kier molecular flexibility index (Phi) is 3.95. The van der Waals surface area contributed by atoms with Crippen LogP contribution in [0, 0.1) is 5.92 Å². The fraction of sp³-hybridized carbons (Fsp3) is 0.529. The molecule has 1 heterocycles. The Morgan fingerprint density at radius 2 is 1.90 bits per heavy atom. The number of carbonyl (C=O) groups excluding carboxylic acids is 2. The standard InChI is InChI=1S/C17H20O4/c1-20-17(19)14-12-9-5-6-10-13(12)16(18)21-15(14)11-7-3-2-4-8-11/h5-6,9-11,14-15H,2-4,7-8H2,1H3/t14-,15+/m1/s1. The molecule has 1 fully saturated rings. The summed E-state index contributed by atoms with van der Waals surface area (Å²) in [4.78, 5) is 24.5. The Hall–Kier alpha value is -1.84. The van der Waals surface area contributed by atoms with Crippen molar-refractivity contribution in [3.8, 4) is 0 Å². The van der Waals surface area contributed by atoms with E-state index in [1.807, 2.05) is 12.1 Å². The third kappa shape index (κ3) is 2.55. The second-order valence-electron chi connectivity index (χ2n) is 5.86. The van der Waals surface area contributed by atoms with Crippen molar-refractivity contribution < 1.29 is 19.1 Å². The third-order valence-corrected chi connectivity index (χ3v) is 4.66. The van der Waals surface area contributed by atoms with Crippen LogP contribution < -0.4 is 0 Å². The summed E-state index contributed by atoms with van der Waals surface area (Å²) in [6.45, 7) is 0. The first-order chi connectivity index (χ1) is 10.2. The first-order valence-electron chi connectivity index (χ1n) is 7.60. The predicted octanol–water partition coefficient (Wildman–Crippen LogP) is 3.06. The molecule has 3 rings (SSSR count). The normalized spacial score (nSPS) is 25.9. The number of cyclic esters (lactones) is 1. The molecule has 112 valence electrons. The number of hydrogen-bond acceptors (Lipinski definition) is 4. The number of benzene rings is 1. The van der Waals surface area contributed by atoms with Gasteiger partial charge in [0.25, 0.3) is 0 Å². The Morgan fingerprint density at radius 3 is 2.62 bits per heavy atom. The molecule has 0 radical (unpaired) electrons. The lowest BCUT2D eigenvalue weighted by molar-refractivity contribution is -0.147. The molecule has 0 N–H and O–H groups in total. The van der Waals surface area contributed by atoms with E-state index >= 15 is 0 Å². The summed E-state index contributed by atoms with van der Waals surface area (Å²) in [6.07, 6.45) is 5.11. The number of rotatable bonds is 2. The summed E-state index contributed by atoms with van der Waals surface area (Å²) in [5, 5.41) is 0. The lowest BCUT2D eigenvalue weighted by atomic mass is 9.76. The Labute approximate surface area is 124 Å². The number of ether oxygens (including phenoxy) is 2. The van der Waals surface area contributed by atoms with Gasteiger partial charge in [-0.1, -0.05) is 37.5 Å². The molecule has 0 saturated heterocycles. The van der Waals surface area contributed by atoms with Gasteiger partial charge in [-0.05, 0) is 30.4 Å². The highest BCUT2D eigenvalue weighted by Crippen LogP contribution is 2.40. The zero-order valence-corrected chi connectivity index (χ0v) is 12.2. The molecule has 1 aromatic rings. The maximum absolute atomic E-state index is 12.3. The van der Waals surface area contributed by atoms with Crippen molar-refractivity contribution in [1.29, 1.82) is 0 Å². The molecular formula is C17H20O4. The largest absolute Gasteiger partial charge is 0.468 e. The third-order valence-electron chi connectivity index (χ3n) is 4.66. The topological polar surface area (TPSA) is 52.6 Å². The van der Waals surface area contributed by atoms with Crippen LogP contribution in [0.4, 0.5) is 0 Å². The summed E-state index contributed by atoms with van der Waals surface area (Å²) in [5.74, 6) is -0.876. The Balaban J connectivity index is 1.99. The van der Waals surface area contributed by atoms with Gasteiger partial charge in [-0.3, -0.25) is 4.79 Å². The summed E-state index contributed by atoms with van der Waals surface area (Å²) in [5.41, 5.74) is 1.23. The molecule has 1 aliphatic heterocycles.